The zero-order valence-electron chi connectivity index (χ0n) is 22.3. The molecule has 0 radical (unpaired) electrons. The van der Waals surface area contributed by atoms with Crippen molar-refractivity contribution in [1.82, 2.24) is 5.32 Å². The van der Waals surface area contributed by atoms with Crippen LogP contribution < -0.4 is 10.6 Å². The van der Waals surface area contributed by atoms with Gasteiger partial charge in [0, 0.05) is 17.6 Å². The number of anilines is 1. The molecule has 1 atom stereocenters. The van der Waals surface area contributed by atoms with Gasteiger partial charge in [-0.15, -0.1) is 0 Å². The van der Waals surface area contributed by atoms with Gasteiger partial charge in [0.25, 0.3) is 0 Å². The Labute approximate surface area is 211 Å². The molecule has 4 fully saturated rings. The smallest absolute Gasteiger partial charge is 0.352 e. The van der Waals surface area contributed by atoms with Crippen LogP contribution in [0.25, 0.3) is 0 Å². The van der Waals surface area contributed by atoms with Crippen molar-refractivity contribution in [3.63, 3.8) is 0 Å². The number of carbonyl (C=O) groups is 1. The van der Waals surface area contributed by atoms with E-state index in [2.05, 4.69) is 31.4 Å². The van der Waals surface area contributed by atoms with Crippen molar-refractivity contribution in [2.24, 2.45) is 28.6 Å². The average Bonchev–Trinajstić information content (AvgIpc) is 2.76. The van der Waals surface area contributed by atoms with E-state index in [4.69, 9.17) is 9.05 Å². The van der Waals surface area contributed by atoms with Crippen molar-refractivity contribution in [2.45, 2.75) is 91.9 Å². The van der Waals surface area contributed by atoms with Crippen molar-refractivity contribution in [2.75, 3.05) is 18.5 Å². The van der Waals surface area contributed by atoms with Gasteiger partial charge < -0.3 is 19.7 Å². The van der Waals surface area contributed by atoms with E-state index in [0.717, 1.165) is 48.3 Å². The summed E-state index contributed by atoms with van der Waals surface area (Å²) in [4.78, 5) is 13.3. The Hall–Kier alpha value is -1.36. The topological polar surface area (TPSA) is 76.7 Å². The van der Waals surface area contributed by atoms with Crippen LogP contribution in [-0.4, -0.2) is 24.9 Å². The first-order valence-corrected chi connectivity index (χ1v) is 15.2. The molecule has 0 aromatic heterocycles. The minimum Gasteiger partial charge on any atom is -0.372 e. The predicted molar refractivity (Wildman–Crippen MR) is 141 cm³/mol. The van der Waals surface area contributed by atoms with E-state index < -0.39 is 13.4 Å². The van der Waals surface area contributed by atoms with E-state index in [0.29, 0.717) is 26.2 Å². The van der Waals surface area contributed by atoms with Crippen LogP contribution in [0.15, 0.2) is 24.3 Å². The number of rotatable bonds is 11. The normalized spacial score (nSPS) is 28.7. The Morgan fingerprint density at radius 1 is 1.00 bits per heavy atom. The zero-order chi connectivity index (χ0) is 25.3. The summed E-state index contributed by atoms with van der Waals surface area (Å²) < 4.78 is 24.9. The molecule has 1 aromatic carbocycles. The van der Waals surface area contributed by atoms with Crippen LogP contribution in [0.4, 0.5) is 5.69 Å². The highest BCUT2D eigenvalue weighted by Crippen LogP contribution is 2.60. The highest BCUT2D eigenvalue weighted by Gasteiger charge is 2.54. The average molecular weight is 505 g/mol. The largest absolute Gasteiger partial charge is 0.372 e. The lowest BCUT2D eigenvalue weighted by Gasteiger charge is -2.55. The molecule has 1 amide bonds. The maximum Gasteiger partial charge on any atom is 0.352 e. The molecular weight excluding hydrogens is 459 g/mol. The van der Waals surface area contributed by atoms with Crippen molar-refractivity contribution in [3.05, 3.63) is 29.8 Å². The van der Waals surface area contributed by atoms with E-state index in [9.17, 15) is 9.36 Å². The first-order chi connectivity index (χ1) is 16.5. The van der Waals surface area contributed by atoms with Gasteiger partial charge in [0.1, 0.15) is 5.78 Å². The van der Waals surface area contributed by atoms with E-state index in [1.54, 1.807) is 0 Å². The van der Waals surface area contributed by atoms with Gasteiger partial charge in [-0.05, 0) is 99.7 Å². The molecule has 0 saturated heterocycles. The van der Waals surface area contributed by atoms with Crippen LogP contribution in [0.3, 0.4) is 0 Å². The third-order valence-corrected chi connectivity index (χ3v) is 10.4. The molecule has 0 heterocycles. The van der Waals surface area contributed by atoms with Crippen LogP contribution >= 0.6 is 7.60 Å². The SMILES string of the molecule is CCOP(=O)(OCC)C(CC(C)(C)C)Nc1ccc(CNC(=O)C23CC4CC(CC(C4)C2)C3)cc1. The van der Waals surface area contributed by atoms with E-state index in [1.807, 2.05) is 38.1 Å². The number of hydrogen-bond donors (Lipinski definition) is 2. The second kappa shape index (κ2) is 10.6. The third kappa shape index (κ3) is 6.32. The summed E-state index contributed by atoms with van der Waals surface area (Å²) in [7, 11) is -3.33. The molecule has 4 aliphatic rings. The summed E-state index contributed by atoms with van der Waals surface area (Å²) in [5, 5.41) is 6.69. The summed E-state index contributed by atoms with van der Waals surface area (Å²) in [5.41, 5.74) is 1.77. The van der Waals surface area contributed by atoms with E-state index in [-0.39, 0.29) is 16.7 Å². The van der Waals surface area contributed by atoms with Crippen LogP contribution in [0.2, 0.25) is 0 Å². The molecule has 4 bridgehead atoms. The Morgan fingerprint density at radius 3 is 1.97 bits per heavy atom. The third-order valence-electron chi connectivity index (χ3n) is 8.07. The molecule has 35 heavy (non-hydrogen) atoms. The van der Waals surface area contributed by atoms with Gasteiger partial charge in [0.05, 0.1) is 13.2 Å². The van der Waals surface area contributed by atoms with Crippen LogP contribution in [0.5, 0.6) is 0 Å². The maximum atomic E-state index is 13.5. The van der Waals surface area contributed by atoms with Crippen molar-refractivity contribution < 1.29 is 18.4 Å². The molecule has 2 N–H and O–H groups in total. The Kier molecular flexibility index (Phi) is 8.05. The highest BCUT2D eigenvalue weighted by atomic mass is 31.2. The minimum absolute atomic E-state index is 0.0526. The summed E-state index contributed by atoms with van der Waals surface area (Å²) >= 11 is 0. The number of amides is 1. The minimum atomic E-state index is -3.33. The number of benzene rings is 1. The van der Waals surface area contributed by atoms with Gasteiger partial charge >= 0.3 is 7.60 Å². The van der Waals surface area contributed by atoms with Crippen molar-refractivity contribution in [3.8, 4) is 0 Å². The Morgan fingerprint density at radius 2 is 1.51 bits per heavy atom. The molecule has 1 unspecified atom stereocenters. The molecule has 5 rings (SSSR count). The van der Waals surface area contributed by atoms with Crippen LogP contribution in [0.1, 0.15) is 85.1 Å². The quantitative estimate of drug-likeness (QED) is 0.319. The first-order valence-electron chi connectivity index (χ1n) is 13.6. The fraction of sp³-hybridized carbons (Fsp3) is 0.750. The molecular formula is C28H45N2O4P. The summed E-state index contributed by atoms with van der Waals surface area (Å²) in [6, 6.07) is 8.04. The van der Waals surface area contributed by atoms with Crippen LogP contribution in [-0.2, 0) is 25.0 Å². The fourth-order valence-corrected chi connectivity index (χ4v) is 9.30. The molecule has 6 nitrogen and oxygen atoms in total. The predicted octanol–water partition coefficient (Wildman–Crippen LogP) is 6.96. The zero-order valence-corrected chi connectivity index (χ0v) is 23.2. The van der Waals surface area contributed by atoms with Crippen molar-refractivity contribution >= 4 is 19.2 Å². The highest BCUT2D eigenvalue weighted by molar-refractivity contribution is 7.54. The number of nitrogens with one attached hydrogen (secondary N) is 2. The molecule has 0 spiro atoms. The summed E-state index contributed by atoms with van der Waals surface area (Å²) in [6.45, 7) is 11.3. The lowest BCUT2D eigenvalue weighted by atomic mass is 9.49. The van der Waals surface area contributed by atoms with Gasteiger partial charge in [-0.25, -0.2) is 0 Å². The summed E-state index contributed by atoms with van der Waals surface area (Å²) in [6.07, 6.45) is 7.94. The van der Waals surface area contributed by atoms with Gasteiger partial charge in [0.2, 0.25) is 5.91 Å². The number of hydrogen-bond acceptors (Lipinski definition) is 5. The maximum absolute atomic E-state index is 13.5. The Bertz CT molecular complexity index is 879. The Balaban J connectivity index is 1.38. The van der Waals surface area contributed by atoms with E-state index >= 15 is 0 Å². The monoisotopic (exact) mass is 504 g/mol. The second-order valence-corrected chi connectivity index (χ2v) is 14.6. The molecule has 1 aromatic rings. The molecule has 196 valence electrons. The van der Waals surface area contributed by atoms with Gasteiger partial charge in [-0.2, -0.15) is 0 Å². The lowest BCUT2D eigenvalue weighted by molar-refractivity contribution is -0.146. The van der Waals surface area contributed by atoms with Crippen LogP contribution in [0, 0.1) is 28.6 Å². The first kappa shape index (κ1) is 26.7. The van der Waals surface area contributed by atoms with Gasteiger partial charge in [-0.3, -0.25) is 9.36 Å². The fourth-order valence-electron chi connectivity index (χ4n) is 7.07. The van der Waals surface area contributed by atoms with E-state index in [1.165, 1.54) is 19.3 Å². The van der Waals surface area contributed by atoms with Gasteiger partial charge in [0.15, 0.2) is 0 Å². The van der Waals surface area contributed by atoms with Crippen molar-refractivity contribution in [1.29, 1.82) is 0 Å². The lowest BCUT2D eigenvalue weighted by Crippen LogP contribution is -2.53. The van der Waals surface area contributed by atoms with Gasteiger partial charge in [-0.1, -0.05) is 32.9 Å². The molecule has 7 heteroatoms. The molecule has 4 aliphatic carbocycles. The molecule has 4 saturated carbocycles. The molecule has 0 aliphatic heterocycles. The summed E-state index contributed by atoms with van der Waals surface area (Å²) in [5.74, 6) is 2.12. The standard InChI is InChI=1S/C28H45N2O4P/c1-6-33-35(32,34-7-2)25(18-27(3,4)5)30-24-10-8-20(9-11-24)19-29-26(31)28-15-21-12-22(16-28)14-23(13-21)17-28/h8-11,21-23,25,30H,6-7,12-19H2,1-5H3,(H,29,31). The second-order valence-electron chi connectivity index (χ2n) is 12.4. The number of carbonyl (C=O) groups excluding carboxylic acids is 1.